The van der Waals surface area contributed by atoms with Crippen molar-refractivity contribution in [3.8, 4) is 11.5 Å². The fraction of sp³-hybridized carbons (Fsp3) is 0.222. The Kier molecular flexibility index (Phi) is 9.30. The summed E-state index contributed by atoms with van der Waals surface area (Å²) in [6.07, 6.45) is -0.808. The standard InChI is InChI=1S/C27H27ClN2O6/c1-4-34-27(33)36-21-11-9-19(10-12-21)26(32)29-15-20-7-5-6-8-23(20)30-24(31)16-35-22-13-17(2)25(28)18(3)14-22/h5-14H,4,15-16H2,1-3H3,(H,29,32)(H,30,31). The zero-order valence-electron chi connectivity index (χ0n) is 20.2. The van der Waals surface area contributed by atoms with E-state index in [1.54, 1.807) is 37.3 Å². The van der Waals surface area contributed by atoms with Crippen LogP contribution >= 0.6 is 11.6 Å². The van der Waals surface area contributed by atoms with Gasteiger partial charge in [0.2, 0.25) is 0 Å². The third-order valence-corrected chi connectivity index (χ3v) is 5.69. The first-order valence-corrected chi connectivity index (χ1v) is 11.6. The SMILES string of the molecule is CCOC(=O)Oc1ccc(C(=O)NCc2ccccc2NC(=O)COc2cc(C)c(Cl)c(C)c2)cc1. The Hall–Kier alpha value is -4.04. The quantitative estimate of drug-likeness (QED) is 0.293. The molecular weight excluding hydrogens is 484 g/mol. The van der Waals surface area contributed by atoms with E-state index in [-0.39, 0.29) is 37.3 Å². The lowest BCUT2D eigenvalue weighted by molar-refractivity contribution is -0.118. The Morgan fingerprint density at radius 3 is 2.25 bits per heavy atom. The number of benzene rings is 3. The highest BCUT2D eigenvalue weighted by molar-refractivity contribution is 6.32. The van der Waals surface area contributed by atoms with Gasteiger partial charge in [-0.2, -0.15) is 0 Å². The van der Waals surface area contributed by atoms with E-state index in [0.717, 1.165) is 16.7 Å². The number of halogens is 1. The largest absolute Gasteiger partial charge is 0.513 e. The van der Waals surface area contributed by atoms with Crippen molar-refractivity contribution < 1.29 is 28.6 Å². The maximum absolute atomic E-state index is 12.6. The highest BCUT2D eigenvalue weighted by Crippen LogP contribution is 2.26. The van der Waals surface area contributed by atoms with E-state index in [0.29, 0.717) is 22.0 Å². The lowest BCUT2D eigenvalue weighted by Gasteiger charge is -2.13. The number of nitrogens with one attached hydrogen (secondary N) is 2. The summed E-state index contributed by atoms with van der Waals surface area (Å²) >= 11 is 6.18. The average Bonchev–Trinajstić information content (AvgIpc) is 2.86. The zero-order chi connectivity index (χ0) is 26.1. The molecule has 3 aromatic carbocycles. The Morgan fingerprint density at radius 1 is 0.917 bits per heavy atom. The van der Waals surface area contributed by atoms with E-state index in [2.05, 4.69) is 10.6 Å². The number of anilines is 1. The Balaban J connectivity index is 1.55. The van der Waals surface area contributed by atoms with Gasteiger partial charge in [0.25, 0.3) is 11.8 Å². The summed E-state index contributed by atoms with van der Waals surface area (Å²) in [6, 6.07) is 16.8. The van der Waals surface area contributed by atoms with E-state index in [9.17, 15) is 14.4 Å². The third-order valence-electron chi connectivity index (χ3n) is 5.09. The van der Waals surface area contributed by atoms with E-state index in [1.807, 2.05) is 19.9 Å². The van der Waals surface area contributed by atoms with Gasteiger partial charge in [-0.1, -0.05) is 29.8 Å². The molecule has 0 bridgehead atoms. The summed E-state index contributed by atoms with van der Waals surface area (Å²) < 4.78 is 15.3. The second kappa shape index (κ2) is 12.6. The van der Waals surface area contributed by atoms with Gasteiger partial charge in [-0.25, -0.2) is 4.79 Å². The van der Waals surface area contributed by atoms with Crippen LogP contribution in [0.15, 0.2) is 60.7 Å². The monoisotopic (exact) mass is 510 g/mol. The van der Waals surface area contributed by atoms with Crippen LogP contribution in [0.2, 0.25) is 5.02 Å². The van der Waals surface area contributed by atoms with Crippen molar-refractivity contribution in [2.75, 3.05) is 18.5 Å². The first kappa shape index (κ1) is 26.6. The molecule has 0 saturated carbocycles. The van der Waals surface area contributed by atoms with E-state index >= 15 is 0 Å². The number of aryl methyl sites for hydroxylation is 2. The van der Waals surface area contributed by atoms with Gasteiger partial charge in [0.15, 0.2) is 6.61 Å². The molecule has 0 aliphatic carbocycles. The lowest BCUT2D eigenvalue weighted by atomic mass is 10.1. The second-order valence-corrected chi connectivity index (χ2v) is 8.24. The van der Waals surface area contributed by atoms with Crippen LogP contribution in [-0.4, -0.2) is 31.2 Å². The minimum absolute atomic E-state index is 0.179. The Morgan fingerprint density at radius 2 is 1.58 bits per heavy atom. The predicted octanol–water partition coefficient (Wildman–Crippen LogP) is 5.44. The van der Waals surface area contributed by atoms with Crippen molar-refractivity contribution in [2.45, 2.75) is 27.3 Å². The molecule has 3 rings (SSSR count). The van der Waals surface area contributed by atoms with E-state index in [1.165, 1.54) is 24.3 Å². The van der Waals surface area contributed by atoms with Crippen LogP contribution in [0.25, 0.3) is 0 Å². The summed E-state index contributed by atoms with van der Waals surface area (Å²) in [6.45, 7) is 5.64. The molecule has 0 spiro atoms. The van der Waals surface area contributed by atoms with Gasteiger partial charge in [0.1, 0.15) is 11.5 Å². The maximum atomic E-state index is 12.6. The van der Waals surface area contributed by atoms with Gasteiger partial charge < -0.3 is 24.8 Å². The summed E-state index contributed by atoms with van der Waals surface area (Å²) in [5, 5.41) is 6.31. The van der Waals surface area contributed by atoms with Gasteiger partial charge in [-0.05, 0) is 79.9 Å². The first-order chi connectivity index (χ1) is 17.3. The molecule has 0 aromatic heterocycles. The number of hydrogen-bond acceptors (Lipinski definition) is 6. The molecular formula is C27H27ClN2O6. The van der Waals surface area contributed by atoms with E-state index < -0.39 is 6.16 Å². The van der Waals surface area contributed by atoms with Gasteiger partial charge in [0, 0.05) is 22.8 Å². The van der Waals surface area contributed by atoms with E-state index in [4.69, 9.17) is 25.8 Å². The number of rotatable bonds is 9. The minimum Gasteiger partial charge on any atom is -0.484 e. The number of carbonyl (C=O) groups is 3. The molecule has 188 valence electrons. The van der Waals surface area contributed by atoms with Gasteiger partial charge in [-0.15, -0.1) is 0 Å². The zero-order valence-corrected chi connectivity index (χ0v) is 21.0. The van der Waals surface area contributed by atoms with Crippen molar-refractivity contribution in [1.29, 1.82) is 0 Å². The van der Waals surface area contributed by atoms with Crippen LogP contribution in [0.5, 0.6) is 11.5 Å². The molecule has 0 unspecified atom stereocenters. The highest BCUT2D eigenvalue weighted by Gasteiger charge is 2.12. The fourth-order valence-corrected chi connectivity index (χ4v) is 3.43. The van der Waals surface area contributed by atoms with Gasteiger partial charge in [-0.3, -0.25) is 9.59 Å². The van der Waals surface area contributed by atoms with Crippen molar-refractivity contribution in [1.82, 2.24) is 5.32 Å². The molecule has 36 heavy (non-hydrogen) atoms. The average molecular weight is 511 g/mol. The normalized spacial score (nSPS) is 10.3. The molecule has 2 amide bonds. The third kappa shape index (κ3) is 7.48. The molecule has 0 radical (unpaired) electrons. The van der Waals surface area contributed by atoms with Crippen molar-refractivity contribution in [2.24, 2.45) is 0 Å². The minimum atomic E-state index is -0.808. The number of para-hydroxylation sites is 1. The number of amides is 2. The first-order valence-electron chi connectivity index (χ1n) is 11.3. The van der Waals surface area contributed by atoms with Crippen LogP contribution in [0.1, 0.15) is 34.0 Å². The number of carbonyl (C=O) groups excluding carboxylic acids is 3. The van der Waals surface area contributed by atoms with Gasteiger partial charge >= 0.3 is 6.16 Å². The molecule has 0 aliphatic heterocycles. The molecule has 0 atom stereocenters. The second-order valence-electron chi connectivity index (χ2n) is 7.86. The Labute approximate surface area is 214 Å². The van der Waals surface area contributed by atoms with Crippen LogP contribution in [0, 0.1) is 13.8 Å². The van der Waals surface area contributed by atoms with Crippen molar-refractivity contribution in [3.05, 3.63) is 87.9 Å². The molecule has 0 heterocycles. The van der Waals surface area contributed by atoms with Crippen LogP contribution < -0.4 is 20.1 Å². The van der Waals surface area contributed by atoms with Gasteiger partial charge in [0.05, 0.1) is 6.61 Å². The summed E-state index contributed by atoms with van der Waals surface area (Å²) in [7, 11) is 0. The summed E-state index contributed by atoms with van der Waals surface area (Å²) in [5.74, 6) is 0.166. The summed E-state index contributed by atoms with van der Waals surface area (Å²) in [5.41, 5.74) is 3.41. The lowest BCUT2D eigenvalue weighted by Crippen LogP contribution is -2.25. The van der Waals surface area contributed by atoms with Crippen LogP contribution in [0.4, 0.5) is 10.5 Å². The molecule has 9 heteroatoms. The van der Waals surface area contributed by atoms with Crippen molar-refractivity contribution in [3.63, 3.8) is 0 Å². The predicted molar refractivity (Wildman–Crippen MR) is 137 cm³/mol. The number of hydrogen-bond donors (Lipinski definition) is 2. The highest BCUT2D eigenvalue weighted by atomic mass is 35.5. The molecule has 2 N–H and O–H groups in total. The van der Waals surface area contributed by atoms with Crippen molar-refractivity contribution >= 4 is 35.3 Å². The Bertz CT molecular complexity index is 1220. The molecule has 8 nitrogen and oxygen atoms in total. The molecule has 3 aromatic rings. The number of ether oxygens (including phenoxy) is 3. The smallest absolute Gasteiger partial charge is 0.484 e. The van der Waals surface area contributed by atoms with Crippen LogP contribution in [-0.2, 0) is 16.1 Å². The summed E-state index contributed by atoms with van der Waals surface area (Å²) in [4.78, 5) is 36.4. The molecule has 0 saturated heterocycles. The van der Waals surface area contributed by atoms with Crippen LogP contribution in [0.3, 0.4) is 0 Å². The maximum Gasteiger partial charge on any atom is 0.513 e. The fourth-order valence-electron chi connectivity index (χ4n) is 3.32. The topological polar surface area (TPSA) is 103 Å². The molecule has 0 fully saturated rings. The molecule has 0 aliphatic rings.